The Kier molecular flexibility index (Phi) is 8.89. The maximum atomic E-state index is 5.82. The van der Waals surface area contributed by atoms with E-state index in [9.17, 15) is 0 Å². The first-order valence-corrected chi connectivity index (χ1v) is 7.13. The SMILES string of the molecule is CC(C)CNCCCC(C)OCCC(C)(C)C. The van der Waals surface area contributed by atoms with Crippen molar-refractivity contribution in [3.63, 3.8) is 0 Å². The Labute approximate surface area is 109 Å². The van der Waals surface area contributed by atoms with Gasteiger partial charge in [0.25, 0.3) is 0 Å². The summed E-state index contributed by atoms with van der Waals surface area (Å²) in [5, 5.41) is 3.46. The van der Waals surface area contributed by atoms with Gasteiger partial charge in [0.15, 0.2) is 0 Å². The molecule has 0 radical (unpaired) electrons. The molecule has 0 bridgehead atoms. The van der Waals surface area contributed by atoms with Gasteiger partial charge in [-0.2, -0.15) is 0 Å². The molecule has 0 saturated carbocycles. The van der Waals surface area contributed by atoms with E-state index in [4.69, 9.17) is 4.74 Å². The van der Waals surface area contributed by atoms with Crippen LogP contribution in [-0.2, 0) is 4.74 Å². The Morgan fingerprint density at radius 1 is 1.12 bits per heavy atom. The highest BCUT2D eigenvalue weighted by molar-refractivity contribution is 4.61. The second-order valence-corrected chi connectivity index (χ2v) is 6.73. The van der Waals surface area contributed by atoms with E-state index in [0.29, 0.717) is 11.5 Å². The summed E-state index contributed by atoms with van der Waals surface area (Å²) in [6, 6.07) is 0. The fraction of sp³-hybridized carbons (Fsp3) is 1.00. The summed E-state index contributed by atoms with van der Waals surface area (Å²) in [6.45, 7) is 16.6. The molecule has 0 heterocycles. The summed E-state index contributed by atoms with van der Waals surface area (Å²) in [5.74, 6) is 0.746. The summed E-state index contributed by atoms with van der Waals surface area (Å²) in [7, 11) is 0. The van der Waals surface area contributed by atoms with Crippen LogP contribution in [0.2, 0.25) is 0 Å². The normalized spacial score (nSPS) is 14.3. The van der Waals surface area contributed by atoms with Crippen LogP contribution < -0.4 is 5.32 Å². The maximum Gasteiger partial charge on any atom is 0.0547 e. The van der Waals surface area contributed by atoms with Gasteiger partial charge in [-0.1, -0.05) is 34.6 Å². The van der Waals surface area contributed by atoms with Gasteiger partial charge in [0.05, 0.1) is 6.10 Å². The first kappa shape index (κ1) is 16.9. The highest BCUT2D eigenvalue weighted by Gasteiger charge is 2.10. The number of ether oxygens (including phenoxy) is 1. The summed E-state index contributed by atoms with van der Waals surface area (Å²) in [4.78, 5) is 0. The Hall–Kier alpha value is -0.0800. The van der Waals surface area contributed by atoms with Gasteiger partial charge in [-0.25, -0.2) is 0 Å². The molecule has 0 aromatic rings. The van der Waals surface area contributed by atoms with Gasteiger partial charge >= 0.3 is 0 Å². The first-order valence-electron chi connectivity index (χ1n) is 7.13. The zero-order valence-corrected chi connectivity index (χ0v) is 12.8. The van der Waals surface area contributed by atoms with Crippen molar-refractivity contribution in [3.8, 4) is 0 Å². The quantitative estimate of drug-likeness (QED) is 0.621. The highest BCUT2D eigenvalue weighted by Crippen LogP contribution is 2.18. The molecule has 1 N–H and O–H groups in total. The van der Waals surface area contributed by atoms with E-state index in [-0.39, 0.29) is 0 Å². The summed E-state index contributed by atoms with van der Waals surface area (Å²) < 4.78 is 5.82. The van der Waals surface area contributed by atoms with Crippen LogP contribution in [0.3, 0.4) is 0 Å². The average molecular weight is 243 g/mol. The van der Waals surface area contributed by atoms with E-state index in [0.717, 1.165) is 38.5 Å². The molecule has 0 rings (SSSR count). The maximum absolute atomic E-state index is 5.82. The molecule has 1 unspecified atom stereocenters. The molecule has 0 aromatic heterocycles. The second-order valence-electron chi connectivity index (χ2n) is 6.73. The minimum absolute atomic E-state index is 0.387. The van der Waals surface area contributed by atoms with Gasteiger partial charge in [0.1, 0.15) is 0 Å². The van der Waals surface area contributed by atoms with Crippen LogP contribution in [0.25, 0.3) is 0 Å². The average Bonchev–Trinajstić information content (AvgIpc) is 2.14. The van der Waals surface area contributed by atoms with Crippen LogP contribution in [0.1, 0.15) is 60.8 Å². The highest BCUT2D eigenvalue weighted by atomic mass is 16.5. The third-order valence-electron chi connectivity index (χ3n) is 2.77. The molecule has 0 fully saturated rings. The number of nitrogens with one attached hydrogen (secondary N) is 1. The van der Waals surface area contributed by atoms with Crippen molar-refractivity contribution >= 4 is 0 Å². The van der Waals surface area contributed by atoms with E-state index < -0.39 is 0 Å². The fourth-order valence-corrected chi connectivity index (χ4v) is 1.55. The van der Waals surface area contributed by atoms with E-state index in [1.54, 1.807) is 0 Å². The van der Waals surface area contributed by atoms with Crippen LogP contribution in [0.15, 0.2) is 0 Å². The van der Waals surface area contributed by atoms with E-state index in [1.807, 2.05) is 0 Å². The van der Waals surface area contributed by atoms with Crippen LogP contribution in [0.4, 0.5) is 0 Å². The fourth-order valence-electron chi connectivity index (χ4n) is 1.55. The predicted molar refractivity (Wildman–Crippen MR) is 76.4 cm³/mol. The first-order chi connectivity index (χ1) is 7.81. The van der Waals surface area contributed by atoms with Crippen molar-refractivity contribution in [2.45, 2.75) is 66.9 Å². The van der Waals surface area contributed by atoms with Crippen molar-refractivity contribution in [1.29, 1.82) is 0 Å². The van der Waals surface area contributed by atoms with Gasteiger partial charge < -0.3 is 10.1 Å². The lowest BCUT2D eigenvalue weighted by molar-refractivity contribution is 0.0430. The van der Waals surface area contributed by atoms with Gasteiger partial charge in [-0.3, -0.25) is 0 Å². The zero-order chi connectivity index (χ0) is 13.3. The third kappa shape index (κ3) is 13.9. The molecule has 0 spiro atoms. The minimum Gasteiger partial charge on any atom is -0.378 e. The number of hydrogen-bond donors (Lipinski definition) is 1. The van der Waals surface area contributed by atoms with Crippen LogP contribution >= 0.6 is 0 Å². The van der Waals surface area contributed by atoms with Crippen molar-refractivity contribution < 1.29 is 4.74 Å². The molecule has 1 atom stereocenters. The molecule has 0 aliphatic carbocycles. The van der Waals surface area contributed by atoms with E-state index in [1.165, 1.54) is 6.42 Å². The van der Waals surface area contributed by atoms with E-state index >= 15 is 0 Å². The molecule has 0 saturated heterocycles. The smallest absolute Gasteiger partial charge is 0.0547 e. The van der Waals surface area contributed by atoms with E-state index in [2.05, 4.69) is 46.9 Å². The minimum atomic E-state index is 0.387. The van der Waals surface area contributed by atoms with Crippen LogP contribution in [0, 0.1) is 11.3 Å². The molecule has 17 heavy (non-hydrogen) atoms. The number of rotatable bonds is 9. The lowest BCUT2D eigenvalue weighted by atomic mass is 9.93. The Morgan fingerprint density at radius 3 is 2.29 bits per heavy atom. The number of hydrogen-bond acceptors (Lipinski definition) is 2. The Balaban J connectivity index is 3.32. The monoisotopic (exact) mass is 243 g/mol. The molecule has 0 amide bonds. The molecule has 104 valence electrons. The lowest BCUT2D eigenvalue weighted by Crippen LogP contribution is -2.22. The molecule has 0 aliphatic rings. The van der Waals surface area contributed by atoms with Crippen molar-refractivity contribution in [2.75, 3.05) is 19.7 Å². The van der Waals surface area contributed by atoms with Crippen LogP contribution in [0.5, 0.6) is 0 Å². The van der Waals surface area contributed by atoms with Crippen LogP contribution in [-0.4, -0.2) is 25.8 Å². The standard InChI is InChI=1S/C15H33NO/c1-13(2)12-16-10-7-8-14(3)17-11-9-15(4,5)6/h13-14,16H,7-12H2,1-6H3. The molecular formula is C15H33NO. The topological polar surface area (TPSA) is 21.3 Å². The van der Waals surface area contributed by atoms with Crippen molar-refractivity contribution in [1.82, 2.24) is 5.32 Å². The molecule has 2 heteroatoms. The Bertz CT molecular complexity index is 172. The molecule has 0 aliphatic heterocycles. The van der Waals surface area contributed by atoms with Gasteiger partial charge in [-0.05, 0) is 50.6 Å². The predicted octanol–water partition coefficient (Wildman–Crippen LogP) is 3.85. The second kappa shape index (κ2) is 8.93. The third-order valence-corrected chi connectivity index (χ3v) is 2.77. The summed E-state index contributed by atoms with van der Waals surface area (Å²) >= 11 is 0. The Morgan fingerprint density at radius 2 is 1.76 bits per heavy atom. The lowest BCUT2D eigenvalue weighted by Gasteiger charge is -2.20. The zero-order valence-electron chi connectivity index (χ0n) is 12.8. The molecule has 0 aromatic carbocycles. The van der Waals surface area contributed by atoms with Crippen molar-refractivity contribution in [2.24, 2.45) is 11.3 Å². The summed E-state index contributed by atoms with van der Waals surface area (Å²) in [6.07, 6.45) is 3.92. The summed E-state index contributed by atoms with van der Waals surface area (Å²) in [5.41, 5.74) is 0.387. The van der Waals surface area contributed by atoms with Gasteiger partial charge in [-0.15, -0.1) is 0 Å². The molecule has 2 nitrogen and oxygen atoms in total. The van der Waals surface area contributed by atoms with Gasteiger partial charge in [0.2, 0.25) is 0 Å². The largest absolute Gasteiger partial charge is 0.378 e. The van der Waals surface area contributed by atoms with Crippen molar-refractivity contribution in [3.05, 3.63) is 0 Å². The molecular weight excluding hydrogens is 210 g/mol. The van der Waals surface area contributed by atoms with Gasteiger partial charge in [0, 0.05) is 6.61 Å².